The van der Waals surface area contributed by atoms with Crippen LogP contribution in [-0.4, -0.2) is 45.3 Å². The molecule has 35 heavy (non-hydrogen) atoms. The van der Waals surface area contributed by atoms with Gasteiger partial charge in [0, 0.05) is 56.8 Å². The molecule has 0 atom stereocenters. The normalized spacial score (nSPS) is 10.1. The zero-order valence-electron chi connectivity index (χ0n) is 18.1. The summed E-state index contributed by atoms with van der Waals surface area (Å²) in [7, 11) is 0. The Morgan fingerprint density at radius 2 is 1.20 bits per heavy atom. The van der Waals surface area contributed by atoms with E-state index < -0.39 is 0 Å². The third-order valence-corrected chi connectivity index (χ3v) is 4.62. The van der Waals surface area contributed by atoms with Crippen molar-refractivity contribution in [3.8, 4) is 45.8 Å². The van der Waals surface area contributed by atoms with Crippen molar-refractivity contribution in [2.24, 2.45) is 0 Å². The number of hydrogen-bond acceptors (Lipinski definition) is 8. The van der Waals surface area contributed by atoms with Crippen LogP contribution >= 0.6 is 0 Å². The number of nitrogens with zero attached hydrogens (tertiary/aromatic N) is 9. The van der Waals surface area contributed by atoms with Crippen molar-refractivity contribution < 1.29 is 38.6 Å². The molecule has 6 aromatic heterocycles. The Balaban J connectivity index is 0.000000160. The topological polar surface area (TPSA) is 133 Å². The molecule has 0 saturated heterocycles. The summed E-state index contributed by atoms with van der Waals surface area (Å²) in [6, 6.07) is 22.8. The molecule has 0 amide bonds. The summed E-state index contributed by atoms with van der Waals surface area (Å²) < 4.78 is 0. The molecule has 0 aliphatic carbocycles. The quantitative estimate of drug-likeness (QED) is 0.321. The van der Waals surface area contributed by atoms with Gasteiger partial charge >= 0.3 is 0 Å². The molecule has 1 N–H and O–H groups in total. The molecule has 0 unspecified atom stereocenters. The molecular formula is C24H17N10Tb-. The van der Waals surface area contributed by atoms with E-state index in [1.54, 1.807) is 12.4 Å². The smallest absolute Gasteiger partial charge is 0.174 e. The predicted molar refractivity (Wildman–Crippen MR) is 125 cm³/mol. The standard InChI is InChI=1S/C12H9N5.C12H8N5.Tb/c2*1-2-7-13-9(4-1)10-5-3-6-11(16-10)12-14-8-15-17-12;/h1-8H,(H,14,15,17);1-8H;/q;-1;. The molecule has 6 rings (SSSR count). The minimum Gasteiger partial charge on any atom is -0.364 e. The molecule has 10 nitrogen and oxygen atoms in total. The summed E-state index contributed by atoms with van der Waals surface area (Å²) in [5.74, 6) is 1.19. The molecule has 0 aromatic carbocycles. The fraction of sp³-hybridized carbons (Fsp3) is 0. The number of hydrogen-bond donors (Lipinski definition) is 1. The average molecular weight is 604 g/mol. The fourth-order valence-corrected chi connectivity index (χ4v) is 3.07. The van der Waals surface area contributed by atoms with Gasteiger partial charge in [-0.1, -0.05) is 24.3 Å². The van der Waals surface area contributed by atoms with Crippen molar-refractivity contribution in [1.29, 1.82) is 0 Å². The van der Waals surface area contributed by atoms with Gasteiger partial charge in [-0.05, 0) is 54.9 Å². The summed E-state index contributed by atoms with van der Waals surface area (Å²) in [4.78, 5) is 25.6. The molecule has 0 saturated carbocycles. The van der Waals surface area contributed by atoms with Gasteiger partial charge in [0.2, 0.25) is 0 Å². The number of nitrogens with one attached hydrogen (secondary N) is 1. The molecule has 11 heteroatoms. The van der Waals surface area contributed by atoms with Crippen molar-refractivity contribution in [2.45, 2.75) is 0 Å². The fourth-order valence-electron chi connectivity index (χ4n) is 3.07. The minimum atomic E-state index is 0. The Morgan fingerprint density at radius 3 is 1.74 bits per heavy atom. The Morgan fingerprint density at radius 1 is 0.600 bits per heavy atom. The van der Waals surface area contributed by atoms with Crippen LogP contribution < -0.4 is 4.98 Å². The maximum atomic E-state index is 4.49. The monoisotopic (exact) mass is 604 g/mol. The average Bonchev–Trinajstić information content (AvgIpc) is 3.66. The van der Waals surface area contributed by atoms with Crippen LogP contribution in [0.2, 0.25) is 0 Å². The van der Waals surface area contributed by atoms with Crippen LogP contribution in [0.3, 0.4) is 0 Å². The van der Waals surface area contributed by atoms with Gasteiger partial charge in [-0.25, -0.2) is 15.0 Å². The molecular weight excluding hydrogens is 587 g/mol. The van der Waals surface area contributed by atoms with E-state index in [9.17, 15) is 0 Å². The van der Waals surface area contributed by atoms with E-state index in [4.69, 9.17) is 0 Å². The number of rotatable bonds is 4. The third-order valence-electron chi connectivity index (χ3n) is 4.62. The first-order valence-corrected chi connectivity index (χ1v) is 10.3. The molecule has 1 radical (unpaired) electrons. The van der Waals surface area contributed by atoms with E-state index in [-0.39, 0.29) is 38.6 Å². The van der Waals surface area contributed by atoms with Crippen LogP contribution in [0.5, 0.6) is 0 Å². The number of pyridine rings is 4. The first-order chi connectivity index (χ1) is 16.9. The Hall–Kier alpha value is -3.83. The minimum absolute atomic E-state index is 0. The van der Waals surface area contributed by atoms with Gasteiger partial charge in [0.15, 0.2) is 5.82 Å². The summed E-state index contributed by atoms with van der Waals surface area (Å²) in [5.41, 5.74) is 4.74. The van der Waals surface area contributed by atoms with E-state index in [0.717, 1.165) is 28.5 Å². The maximum absolute atomic E-state index is 4.49. The van der Waals surface area contributed by atoms with Crippen LogP contribution in [0, 0.1) is 38.6 Å². The molecule has 0 fully saturated rings. The van der Waals surface area contributed by atoms with Gasteiger partial charge in [-0.2, -0.15) is 5.10 Å². The van der Waals surface area contributed by atoms with Gasteiger partial charge in [-0.3, -0.25) is 15.1 Å². The van der Waals surface area contributed by atoms with Gasteiger partial charge < -0.3 is 15.2 Å². The maximum Gasteiger partial charge on any atom is 0.174 e. The molecule has 0 aliphatic heterocycles. The van der Waals surface area contributed by atoms with Gasteiger partial charge in [0.1, 0.15) is 12.0 Å². The van der Waals surface area contributed by atoms with Crippen LogP contribution in [0.4, 0.5) is 0 Å². The Labute approximate surface area is 231 Å². The van der Waals surface area contributed by atoms with E-state index in [1.807, 2.05) is 72.8 Å². The second-order valence-corrected chi connectivity index (χ2v) is 6.86. The van der Waals surface area contributed by atoms with Crippen molar-refractivity contribution in [1.82, 2.24) is 50.3 Å². The number of H-pyrrole nitrogens is 1. The predicted octanol–water partition coefficient (Wildman–Crippen LogP) is 3.49. The Bertz CT molecular complexity index is 1330. The van der Waals surface area contributed by atoms with Gasteiger partial charge in [0.05, 0.1) is 28.5 Å². The van der Waals surface area contributed by atoms with Crippen LogP contribution in [-0.2, 0) is 0 Å². The van der Waals surface area contributed by atoms with E-state index >= 15 is 0 Å². The van der Waals surface area contributed by atoms with Crippen molar-refractivity contribution >= 4 is 0 Å². The van der Waals surface area contributed by atoms with Crippen molar-refractivity contribution in [3.63, 3.8) is 0 Å². The molecule has 173 valence electrons. The first kappa shape index (κ1) is 24.3. The van der Waals surface area contributed by atoms with E-state index in [2.05, 4.69) is 50.3 Å². The first-order valence-electron chi connectivity index (χ1n) is 10.3. The zero-order valence-corrected chi connectivity index (χ0v) is 20.2. The van der Waals surface area contributed by atoms with Crippen LogP contribution in [0.15, 0.2) is 97.8 Å². The van der Waals surface area contributed by atoms with Gasteiger partial charge in [-0.15, -0.1) is 0 Å². The van der Waals surface area contributed by atoms with Crippen LogP contribution in [0.25, 0.3) is 45.8 Å². The van der Waals surface area contributed by atoms with Crippen molar-refractivity contribution in [2.75, 3.05) is 0 Å². The third kappa shape index (κ3) is 6.19. The molecule has 6 aromatic rings. The SMILES string of the molecule is [Tb].c1ccc(-c2cccc(-c3ncn[nH]3)n2)nc1.c1ccc(-c2cccc(-c3nnc[n-]3)n2)nc1. The molecule has 6 heterocycles. The largest absolute Gasteiger partial charge is 0.364 e. The Kier molecular flexibility index (Phi) is 8.36. The van der Waals surface area contributed by atoms with E-state index in [0.29, 0.717) is 17.3 Å². The molecule has 0 spiro atoms. The zero-order chi connectivity index (χ0) is 23.0. The summed E-state index contributed by atoms with van der Waals surface area (Å²) in [5, 5.41) is 14.2. The summed E-state index contributed by atoms with van der Waals surface area (Å²) in [6.45, 7) is 0. The number of aromatic nitrogens is 10. The molecule has 0 bridgehead atoms. The van der Waals surface area contributed by atoms with Crippen molar-refractivity contribution in [3.05, 3.63) is 97.8 Å². The second-order valence-electron chi connectivity index (χ2n) is 6.86. The van der Waals surface area contributed by atoms with Crippen LogP contribution in [0.1, 0.15) is 0 Å². The van der Waals surface area contributed by atoms with Gasteiger partial charge in [0.25, 0.3) is 0 Å². The second kappa shape index (κ2) is 12.0. The number of aromatic amines is 1. The summed E-state index contributed by atoms with van der Waals surface area (Å²) >= 11 is 0. The van der Waals surface area contributed by atoms with E-state index in [1.165, 1.54) is 12.7 Å². The summed E-state index contributed by atoms with van der Waals surface area (Å²) in [6.07, 6.45) is 6.36. The molecule has 0 aliphatic rings.